The zero-order chi connectivity index (χ0) is 21.6. The van der Waals surface area contributed by atoms with E-state index in [2.05, 4.69) is 20.4 Å². The summed E-state index contributed by atoms with van der Waals surface area (Å²) < 4.78 is 18.9. The number of carbonyl (C=O) groups is 1. The molecule has 31 heavy (non-hydrogen) atoms. The van der Waals surface area contributed by atoms with Crippen LogP contribution in [0.2, 0.25) is 0 Å². The summed E-state index contributed by atoms with van der Waals surface area (Å²) in [5.74, 6) is 0.598. The molecule has 0 spiro atoms. The van der Waals surface area contributed by atoms with E-state index in [4.69, 9.17) is 4.42 Å². The molecular formula is C24H27FN4O2. The third-order valence-corrected chi connectivity index (χ3v) is 5.58. The fraction of sp³-hybridized carbons (Fsp3) is 0.292. The number of urea groups is 1. The normalized spacial score (nSPS) is 15.5. The molecule has 0 aliphatic carbocycles. The average Bonchev–Trinajstić information content (AvgIpc) is 3.31. The lowest BCUT2D eigenvalue weighted by atomic mass is 10.1. The van der Waals surface area contributed by atoms with Crippen LogP contribution in [0.1, 0.15) is 17.4 Å². The van der Waals surface area contributed by atoms with Crippen molar-refractivity contribution in [3.8, 4) is 0 Å². The highest BCUT2D eigenvalue weighted by atomic mass is 19.1. The summed E-state index contributed by atoms with van der Waals surface area (Å²) in [5, 5.41) is 5.84. The summed E-state index contributed by atoms with van der Waals surface area (Å²) >= 11 is 0. The molecule has 0 saturated carbocycles. The Balaban J connectivity index is 1.35. The van der Waals surface area contributed by atoms with E-state index >= 15 is 0 Å². The van der Waals surface area contributed by atoms with Crippen molar-refractivity contribution in [3.63, 3.8) is 0 Å². The van der Waals surface area contributed by atoms with Crippen LogP contribution in [0.5, 0.6) is 0 Å². The van der Waals surface area contributed by atoms with E-state index in [0.717, 1.165) is 48.9 Å². The number of anilines is 2. The summed E-state index contributed by atoms with van der Waals surface area (Å²) in [6.45, 7) is 5.69. The van der Waals surface area contributed by atoms with Gasteiger partial charge in [-0.1, -0.05) is 17.7 Å². The van der Waals surface area contributed by atoms with Crippen molar-refractivity contribution < 1.29 is 13.6 Å². The second-order valence-electron chi connectivity index (χ2n) is 7.73. The summed E-state index contributed by atoms with van der Waals surface area (Å²) in [7, 11) is 0. The quantitative estimate of drug-likeness (QED) is 0.618. The van der Waals surface area contributed by atoms with Crippen LogP contribution in [0.15, 0.2) is 71.3 Å². The smallest absolute Gasteiger partial charge is 0.319 e. The third kappa shape index (κ3) is 5.44. The number of aryl methyl sites for hydroxylation is 1. The van der Waals surface area contributed by atoms with Crippen LogP contribution in [0.25, 0.3) is 0 Å². The fourth-order valence-electron chi connectivity index (χ4n) is 3.84. The van der Waals surface area contributed by atoms with Crippen molar-refractivity contribution in [2.75, 3.05) is 42.9 Å². The van der Waals surface area contributed by atoms with Gasteiger partial charge >= 0.3 is 6.03 Å². The topological polar surface area (TPSA) is 60.8 Å². The van der Waals surface area contributed by atoms with E-state index in [9.17, 15) is 9.18 Å². The minimum Gasteiger partial charge on any atom is -0.468 e. The molecule has 4 rings (SSSR count). The highest BCUT2D eigenvalue weighted by Crippen LogP contribution is 2.24. The maximum atomic E-state index is 13.2. The lowest BCUT2D eigenvalue weighted by molar-refractivity contribution is 0.162. The number of amides is 2. The monoisotopic (exact) mass is 422 g/mol. The number of furan rings is 1. The maximum absolute atomic E-state index is 13.2. The summed E-state index contributed by atoms with van der Waals surface area (Å²) in [5.41, 5.74) is 2.92. The lowest BCUT2D eigenvalue weighted by Crippen LogP contribution is -2.50. The molecule has 1 saturated heterocycles. The van der Waals surface area contributed by atoms with Gasteiger partial charge in [-0.15, -0.1) is 0 Å². The molecule has 1 aliphatic heterocycles. The first kappa shape index (κ1) is 20.9. The van der Waals surface area contributed by atoms with Gasteiger partial charge in [-0.25, -0.2) is 9.18 Å². The number of nitrogens with one attached hydrogen (secondary N) is 2. The first-order valence-electron chi connectivity index (χ1n) is 10.5. The number of benzene rings is 2. The first-order valence-corrected chi connectivity index (χ1v) is 10.5. The molecule has 1 atom stereocenters. The number of rotatable bonds is 6. The SMILES string of the molecule is Cc1ccc(NC(=O)NCC(c2ccco2)N2CCN(c3ccc(F)cc3)CC2)cc1. The second-order valence-corrected chi connectivity index (χ2v) is 7.73. The molecule has 2 amide bonds. The van der Waals surface area contributed by atoms with E-state index in [1.54, 1.807) is 6.26 Å². The zero-order valence-corrected chi connectivity index (χ0v) is 17.6. The van der Waals surface area contributed by atoms with Crippen LogP contribution < -0.4 is 15.5 Å². The van der Waals surface area contributed by atoms with E-state index < -0.39 is 0 Å². The van der Waals surface area contributed by atoms with Gasteiger partial charge in [0.25, 0.3) is 0 Å². The molecule has 1 aliphatic rings. The molecule has 1 unspecified atom stereocenters. The van der Waals surface area contributed by atoms with Gasteiger partial charge in [0, 0.05) is 44.1 Å². The van der Waals surface area contributed by atoms with Crippen LogP contribution in [0.3, 0.4) is 0 Å². The van der Waals surface area contributed by atoms with Crippen LogP contribution in [-0.2, 0) is 0 Å². The van der Waals surface area contributed by atoms with Crippen LogP contribution in [0.4, 0.5) is 20.6 Å². The zero-order valence-electron chi connectivity index (χ0n) is 17.6. The van der Waals surface area contributed by atoms with Crippen molar-refractivity contribution in [3.05, 3.63) is 84.1 Å². The molecule has 1 fully saturated rings. The predicted molar refractivity (Wildman–Crippen MR) is 120 cm³/mol. The minimum atomic E-state index is -0.245. The second kappa shape index (κ2) is 9.66. The minimum absolute atomic E-state index is 0.0610. The Bertz CT molecular complexity index is 966. The van der Waals surface area contributed by atoms with Gasteiger partial charge in [0.15, 0.2) is 0 Å². The Hall–Kier alpha value is -3.32. The molecule has 0 radical (unpaired) electrons. The number of hydrogen-bond acceptors (Lipinski definition) is 4. The lowest BCUT2D eigenvalue weighted by Gasteiger charge is -2.39. The van der Waals surface area contributed by atoms with Gasteiger partial charge in [-0.05, 0) is 55.5 Å². The molecule has 2 aromatic carbocycles. The Kier molecular flexibility index (Phi) is 6.52. The molecular weight excluding hydrogens is 395 g/mol. The van der Waals surface area contributed by atoms with E-state index in [-0.39, 0.29) is 17.9 Å². The molecule has 0 bridgehead atoms. The number of hydrogen-bond donors (Lipinski definition) is 2. The van der Waals surface area contributed by atoms with Crippen molar-refractivity contribution in [2.24, 2.45) is 0 Å². The van der Waals surface area contributed by atoms with Gasteiger partial charge < -0.3 is 20.0 Å². The van der Waals surface area contributed by atoms with Crippen LogP contribution >= 0.6 is 0 Å². The molecule has 2 heterocycles. The van der Waals surface area contributed by atoms with Crippen LogP contribution in [-0.4, -0.2) is 43.7 Å². The van der Waals surface area contributed by atoms with Gasteiger partial charge in [0.05, 0.1) is 12.3 Å². The standard InChI is InChI=1S/C24H27FN4O2/c1-18-4-8-20(9-5-18)27-24(30)26-17-22(23-3-2-16-31-23)29-14-12-28(13-15-29)21-10-6-19(25)7-11-21/h2-11,16,22H,12-15,17H2,1H3,(H2,26,27,30). The number of nitrogens with zero attached hydrogens (tertiary/aromatic N) is 2. The predicted octanol–water partition coefficient (Wildman–Crippen LogP) is 4.41. The molecule has 162 valence electrons. The largest absolute Gasteiger partial charge is 0.468 e. The fourth-order valence-corrected chi connectivity index (χ4v) is 3.84. The van der Waals surface area contributed by atoms with Gasteiger partial charge in [0.2, 0.25) is 0 Å². The Morgan fingerprint density at radius 2 is 1.74 bits per heavy atom. The van der Waals surface area contributed by atoms with E-state index in [1.165, 1.54) is 12.1 Å². The molecule has 1 aromatic heterocycles. The van der Waals surface area contributed by atoms with Crippen LogP contribution in [0, 0.1) is 12.7 Å². The Labute approximate surface area is 181 Å². The van der Waals surface area contributed by atoms with E-state index in [1.807, 2.05) is 55.5 Å². The maximum Gasteiger partial charge on any atom is 0.319 e. The average molecular weight is 423 g/mol. The highest BCUT2D eigenvalue weighted by molar-refractivity contribution is 5.89. The van der Waals surface area contributed by atoms with Crippen molar-refractivity contribution in [1.82, 2.24) is 10.2 Å². The summed E-state index contributed by atoms with van der Waals surface area (Å²) in [6, 6.07) is 17.8. The molecule has 6 nitrogen and oxygen atoms in total. The van der Waals surface area contributed by atoms with Gasteiger partial charge in [-0.3, -0.25) is 4.90 Å². The number of carbonyl (C=O) groups excluding carboxylic acids is 1. The molecule has 3 aromatic rings. The molecule has 2 N–H and O–H groups in total. The Morgan fingerprint density at radius 1 is 1.03 bits per heavy atom. The Morgan fingerprint density at radius 3 is 2.39 bits per heavy atom. The van der Waals surface area contributed by atoms with E-state index in [0.29, 0.717) is 6.54 Å². The number of piperazine rings is 1. The number of halogens is 1. The summed E-state index contributed by atoms with van der Waals surface area (Å²) in [4.78, 5) is 17.0. The van der Waals surface area contributed by atoms with Crippen molar-refractivity contribution in [2.45, 2.75) is 13.0 Å². The van der Waals surface area contributed by atoms with Gasteiger partial charge in [0.1, 0.15) is 11.6 Å². The first-order chi connectivity index (χ1) is 15.1. The van der Waals surface area contributed by atoms with Crippen molar-refractivity contribution >= 4 is 17.4 Å². The third-order valence-electron chi connectivity index (χ3n) is 5.58. The van der Waals surface area contributed by atoms with Gasteiger partial charge in [-0.2, -0.15) is 0 Å². The van der Waals surface area contributed by atoms with Crippen molar-refractivity contribution in [1.29, 1.82) is 0 Å². The highest BCUT2D eigenvalue weighted by Gasteiger charge is 2.27. The molecule has 7 heteroatoms. The summed E-state index contributed by atoms with van der Waals surface area (Å²) in [6.07, 6.45) is 1.66.